The second-order valence-electron chi connectivity index (χ2n) is 12.6. The monoisotopic (exact) mass is 737 g/mol. The largest absolute Gasteiger partial charge is 0.489 e. The number of hydrogen-bond donors (Lipinski definition) is 3. The number of hydrogen-bond acceptors (Lipinski definition) is 8. The zero-order valence-electron chi connectivity index (χ0n) is 26.3. The first-order valence-electron chi connectivity index (χ1n) is 15.3. The minimum Gasteiger partial charge on any atom is -0.489 e. The van der Waals surface area contributed by atoms with Crippen molar-refractivity contribution in [3.63, 3.8) is 0 Å². The van der Waals surface area contributed by atoms with Crippen LogP contribution >= 0.6 is 11.3 Å². The van der Waals surface area contributed by atoms with Crippen LogP contribution in [-0.2, 0) is 21.6 Å². The first-order chi connectivity index (χ1) is 23.9. The van der Waals surface area contributed by atoms with Gasteiger partial charge in [0.25, 0.3) is 12.3 Å². The number of amides is 2. The van der Waals surface area contributed by atoms with Gasteiger partial charge in [0.15, 0.2) is 0 Å². The third-order valence-corrected chi connectivity index (χ3v) is 10.1. The van der Waals surface area contributed by atoms with E-state index in [9.17, 15) is 45.4 Å². The lowest BCUT2D eigenvalue weighted by molar-refractivity contribution is -0.265. The molecule has 0 radical (unpaired) electrons. The molecule has 1 aliphatic heterocycles. The standard InChI is InChI=1S/C33H26F7N5O5S/c1-30(29(41)47)14-50-26-19(30)9-22(43-25(26)18-12-51-27-17(18)3-2-4-20(27)34)32(48,33(38,39)40)13-42-28(46)15-7-16-10-45(31(37)5-6-31)44-24(16)21(8-15)49-11-23(35)36/h2-4,7-10,12,23,48H,5-6,11,13-14H2,1H3,(H2,41,47)(H,42,46)/t30-,32?/m0/s1. The summed E-state index contributed by atoms with van der Waals surface area (Å²) in [6, 6.07) is 7.05. The molecule has 18 heteroatoms. The van der Waals surface area contributed by atoms with Crippen molar-refractivity contribution in [3.8, 4) is 22.8 Å². The summed E-state index contributed by atoms with van der Waals surface area (Å²) >= 11 is 0.948. The molecule has 7 rings (SSSR count). The summed E-state index contributed by atoms with van der Waals surface area (Å²) < 4.78 is 112. The Bertz CT molecular complexity index is 2240. The highest BCUT2D eigenvalue weighted by atomic mass is 32.1. The maximum atomic E-state index is 14.9. The minimum atomic E-state index is -5.50. The number of aliphatic hydroxyl groups is 1. The topological polar surface area (TPSA) is 142 Å². The van der Waals surface area contributed by atoms with E-state index in [4.69, 9.17) is 15.2 Å². The van der Waals surface area contributed by atoms with E-state index < -0.39 is 65.9 Å². The van der Waals surface area contributed by atoms with Gasteiger partial charge in [-0.25, -0.2) is 27.2 Å². The molecule has 10 nitrogen and oxygen atoms in total. The Labute approximate surface area is 287 Å². The molecule has 0 bridgehead atoms. The number of halogens is 7. The number of primary amides is 1. The molecule has 4 N–H and O–H groups in total. The van der Waals surface area contributed by atoms with E-state index in [2.05, 4.69) is 10.1 Å². The van der Waals surface area contributed by atoms with Crippen LogP contribution < -0.4 is 20.5 Å². The highest BCUT2D eigenvalue weighted by Gasteiger charge is 2.58. The molecule has 0 spiro atoms. The molecule has 1 saturated carbocycles. The van der Waals surface area contributed by atoms with Gasteiger partial charge in [-0.3, -0.25) is 9.59 Å². The fourth-order valence-electron chi connectivity index (χ4n) is 5.87. The SMILES string of the molecule is C[C@]1(C(N)=O)COc2c1cc(C(O)(CNC(=O)c1cc(OCC(F)F)c3nn(C4(F)CC4)cc3c1)C(F)(F)F)nc2-c1csc2c(F)cccc12. The van der Waals surface area contributed by atoms with Gasteiger partial charge in [0.05, 0.1) is 16.9 Å². The first kappa shape index (κ1) is 34.5. The number of aromatic nitrogens is 3. The van der Waals surface area contributed by atoms with Gasteiger partial charge >= 0.3 is 6.18 Å². The molecule has 2 amide bonds. The molecule has 2 aliphatic rings. The van der Waals surface area contributed by atoms with E-state index in [0.29, 0.717) is 0 Å². The fraction of sp³-hybridized carbons (Fsp3) is 0.333. The zero-order valence-corrected chi connectivity index (χ0v) is 27.1. The molecule has 0 saturated heterocycles. The number of carbonyl (C=O) groups excluding carboxylic acids is 2. The van der Waals surface area contributed by atoms with Crippen molar-refractivity contribution < 1.29 is 54.9 Å². The second-order valence-corrected chi connectivity index (χ2v) is 13.5. The summed E-state index contributed by atoms with van der Waals surface area (Å²) in [5.41, 5.74) is -1.58. The van der Waals surface area contributed by atoms with Crippen LogP contribution in [0, 0.1) is 5.82 Å². The van der Waals surface area contributed by atoms with E-state index in [0.717, 1.165) is 34.2 Å². The predicted octanol–water partition coefficient (Wildman–Crippen LogP) is 5.83. The highest BCUT2D eigenvalue weighted by Crippen LogP contribution is 2.50. The second kappa shape index (κ2) is 11.8. The van der Waals surface area contributed by atoms with E-state index in [1.54, 1.807) is 0 Å². The molecule has 2 atom stereocenters. The number of nitrogens with two attached hydrogens (primary N) is 1. The van der Waals surface area contributed by atoms with Crippen LogP contribution in [0.25, 0.3) is 32.2 Å². The number of nitrogens with one attached hydrogen (secondary N) is 1. The van der Waals surface area contributed by atoms with Crippen molar-refractivity contribution in [2.45, 2.75) is 49.2 Å². The Morgan fingerprint density at radius 2 is 1.96 bits per heavy atom. The average Bonchev–Trinajstić information content (AvgIpc) is 3.40. The highest BCUT2D eigenvalue weighted by molar-refractivity contribution is 7.17. The average molecular weight is 738 g/mol. The smallest absolute Gasteiger partial charge is 0.424 e. The molecular weight excluding hydrogens is 711 g/mol. The third-order valence-electron chi connectivity index (χ3n) is 9.09. The van der Waals surface area contributed by atoms with Gasteiger partial charge < -0.3 is 25.6 Å². The molecule has 1 fully saturated rings. The lowest BCUT2D eigenvalue weighted by Gasteiger charge is -2.31. The Morgan fingerprint density at radius 3 is 2.63 bits per heavy atom. The Morgan fingerprint density at radius 1 is 1.22 bits per heavy atom. The molecular formula is C33H26F7N5O5S. The maximum absolute atomic E-state index is 14.9. The predicted molar refractivity (Wildman–Crippen MR) is 169 cm³/mol. The lowest BCUT2D eigenvalue weighted by atomic mass is 9.81. The van der Waals surface area contributed by atoms with Crippen molar-refractivity contribution in [2.75, 3.05) is 19.8 Å². The van der Waals surface area contributed by atoms with Crippen molar-refractivity contribution in [1.82, 2.24) is 20.1 Å². The van der Waals surface area contributed by atoms with Crippen LogP contribution in [0.4, 0.5) is 30.7 Å². The van der Waals surface area contributed by atoms with Crippen molar-refractivity contribution in [1.29, 1.82) is 0 Å². The molecule has 51 heavy (non-hydrogen) atoms. The van der Waals surface area contributed by atoms with E-state index in [1.165, 1.54) is 36.7 Å². The summed E-state index contributed by atoms with van der Waals surface area (Å²) in [5, 5.41) is 19.3. The fourth-order valence-corrected chi connectivity index (χ4v) is 6.83. The third kappa shape index (κ3) is 5.69. The normalized spacial score (nSPS) is 19.2. The summed E-state index contributed by atoms with van der Waals surface area (Å²) in [5.74, 6) is -4.99. The van der Waals surface area contributed by atoms with Crippen LogP contribution in [0.1, 0.15) is 41.4 Å². The number of rotatable bonds is 10. The van der Waals surface area contributed by atoms with Crippen molar-refractivity contribution in [2.24, 2.45) is 5.73 Å². The summed E-state index contributed by atoms with van der Waals surface area (Å²) in [6.45, 7) is -1.67. The Balaban J connectivity index is 1.30. The van der Waals surface area contributed by atoms with Gasteiger partial charge in [0.2, 0.25) is 17.3 Å². The van der Waals surface area contributed by atoms with Crippen molar-refractivity contribution >= 4 is 44.1 Å². The lowest BCUT2D eigenvalue weighted by Crippen LogP contribution is -2.51. The molecule has 1 aliphatic carbocycles. The van der Waals surface area contributed by atoms with E-state index >= 15 is 0 Å². The summed E-state index contributed by atoms with van der Waals surface area (Å²) in [7, 11) is 0. The minimum absolute atomic E-state index is 0.0571. The maximum Gasteiger partial charge on any atom is 0.424 e. The number of benzene rings is 2. The van der Waals surface area contributed by atoms with Gasteiger partial charge in [-0.1, -0.05) is 12.1 Å². The molecule has 1 unspecified atom stereocenters. The number of fused-ring (bicyclic) bond motifs is 3. The molecule has 5 aromatic rings. The van der Waals surface area contributed by atoms with Gasteiger partial charge in [-0.2, -0.15) is 18.3 Å². The van der Waals surface area contributed by atoms with E-state index in [1.807, 2.05) is 5.32 Å². The molecule has 268 valence electrons. The number of carbonyl (C=O) groups is 2. The van der Waals surface area contributed by atoms with Gasteiger partial charge in [-0.05, 0) is 31.2 Å². The molecule has 4 heterocycles. The number of pyridine rings is 1. The summed E-state index contributed by atoms with van der Waals surface area (Å²) in [6.07, 6.45) is -6.94. The van der Waals surface area contributed by atoms with Gasteiger partial charge in [0.1, 0.15) is 47.2 Å². The van der Waals surface area contributed by atoms with Gasteiger partial charge in [0, 0.05) is 51.9 Å². The van der Waals surface area contributed by atoms with Crippen LogP contribution in [0.5, 0.6) is 11.5 Å². The molecule has 3 aromatic heterocycles. The zero-order chi connectivity index (χ0) is 36.7. The van der Waals surface area contributed by atoms with Gasteiger partial charge in [-0.15, -0.1) is 11.3 Å². The quantitative estimate of drug-likeness (QED) is 0.153. The van der Waals surface area contributed by atoms with Crippen LogP contribution in [0.3, 0.4) is 0 Å². The Hall–Kier alpha value is -4.97. The van der Waals surface area contributed by atoms with Crippen LogP contribution in [0.2, 0.25) is 0 Å². The summed E-state index contributed by atoms with van der Waals surface area (Å²) in [4.78, 5) is 30.1. The molecule has 2 aromatic carbocycles. The van der Waals surface area contributed by atoms with E-state index in [-0.39, 0.29) is 74.3 Å². The van der Waals surface area contributed by atoms with Crippen LogP contribution in [0.15, 0.2) is 48.0 Å². The number of alkyl halides is 6. The van der Waals surface area contributed by atoms with Crippen molar-refractivity contribution in [3.05, 3.63) is 70.6 Å². The number of ether oxygens (including phenoxy) is 2. The number of nitrogens with zero attached hydrogens (tertiary/aromatic N) is 3. The Kier molecular flexibility index (Phi) is 7.97. The number of thiophene rings is 1. The van der Waals surface area contributed by atoms with Crippen LogP contribution in [-0.4, -0.2) is 64.0 Å². The first-order valence-corrected chi connectivity index (χ1v) is 16.2.